The molecule has 182 valence electrons. The molecule has 0 radical (unpaired) electrons. The van der Waals surface area contributed by atoms with Crippen LogP contribution in [0, 0.1) is 5.92 Å². The number of ether oxygens (including phenoxy) is 2. The van der Waals surface area contributed by atoms with E-state index in [0.717, 1.165) is 83.2 Å². The van der Waals surface area contributed by atoms with Gasteiger partial charge in [-0.2, -0.15) is 0 Å². The number of amides is 1. The Kier molecular flexibility index (Phi) is 6.92. The molecule has 2 fully saturated rings. The fourth-order valence-corrected chi connectivity index (χ4v) is 5.41. The summed E-state index contributed by atoms with van der Waals surface area (Å²) in [7, 11) is 3.92. The molecule has 0 bridgehead atoms. The highest BCUT2D eigenvalue weighted by Gasteiger charge is 2.30. The Morgan fingerprint density at radius 1 is 0.941 bits per heavy atom. The van der Waals surface area contributed by atoms with E-state index in [0.29, 0.717) is 0 Å². The molecule has 0 aromatic heterocycles. The van der Waals surface area contributed by atoms with E-state index in [1.54, 1.807) is 7.11 Å². The number of methoxy groups -OCH3 is 1. The number of nitrogens with one attached hydrogen (secondary N) is 1. The largest absolute Gasteiger partial charge is 0.496 e. The smallest absolute Gasteiger partial charge is 0.227 e. The van der Waals surface area contributed by atoms with Crippen LogP contribution in [0.5, 0.6) is 5.75 Å². The third-order valence-corrected chi connectivity index (χ3v) is 7.50. The number of fused-ring (bicyclic) bond motifs is 1. The van der Waals surface area contributed by atoms with Gasteiger partial charge in [0.15, 0.2) is 0 Å². The number of morpholine rings is 1. The van der Waals surface area contributed by atoms with E-state index in [2.05, 4.69) is 51.3 Å². The summed E-state index contributed by atoms with van der Waals surface area (Å²) in [5.41, 5.74) is 5.88. The van der Waals surface area contributed by atoms with Crippen molar-refractivity contribution in [3.8, 4) is 5.75 Å². The van der Waals surface area contributed by atoms with E-state index >= 15 is 0 Å². The Morgan fingerprint density at radius 2 is 1.68 bits per heavy atom. The molecule has 0 spiro atoms. The molecule has 1 N–H and O–H groups in total. The maximum Gasteiger partial charge on any atom is 0.227 e. The lowest BCUT2D eigenvalue weighted by atomic mass is 9.81. The first-order chi connectivity index (χ1) is 16.6. The summed E-state index contributed by atoms with van der Waals surface area (Å²) < 4.78 is 11.1. The van der Waals surface area contributed by atoms with Gasteiger partial charge in [-0.05, 0) is 73.8 Å². The van der Waals surface area contributed by atoms with Gasteiger partial charge in [-0.3, -0.25) is 4.79 Å². The molecule has 2 heterocycles. The van der Waals surface area contributed by atoms with Crippen molar-refractivity contribution >= 4 is 23.0 Å². The Balaban J connectivity index is 1.29. The van der Waals surface area contributed by atoms with Gasteiger partial charge < -0.3 is 29.5 Å². The van der Waals surface area contributed by atoms with Crippen LogP contribution in [0.25, 0.3) is 0 Å². The van der Waals surface area contributed by atoms with Crippen LogP contribution < -0.4 is 19.9 Å². The molecule has 1 amide bonds. The van der Waals surface area contributed by atoms with Crippen LogP contribution in [-0.4, -0.2) is 77.4 Å². The zero-order chi connectivity index (χ0) is 23.5. The van der Waals surface area contributed by atoms with Gasteiger partial charge >= 0.3 is 0 Å². The quantitative estimate of drug-likeness (QED) is 0.734. The highest BCUT2D eigenvalue weighted by molar-refractivity contribution is 5.93. The Morgan fingerprint density at radius 3 is 2.38 bits per heavy atom. The zero-order valence-corrected chi connectivity index (χ0v) is 20.4. The highest BCUT2D eigenvalue weighted by Crippen LogP contribution is 2.39. The maximum atomic E-state index is 13.3. The lowest BCUT2D eigenvalue weighted by molar-refractivity contribution is -0.120. The molecule has 7 nitrogen and oxygen atoms in total. The first-order valence-electron chi connectivity index (χ1n) is 12.5. The van der Waals surface area contributed by atoms with E-state index in [-0.39, 0.29) is 11.8 Å². The number of carbonyl (C=O) groups excluding carboxylic acids is 1. The molecule has 2 aromatic carbocycles. The number of rotatable bonds is 5. The number of nitrogens with zero attached hydrogens (tertiary/aromatic N) is 3. The molecule has 2 aromatic rings. The summed E-state index contributed by atoms with van der Waals surface area (Å²) in [4.78, 5) is 20.4. The van der Waals surface area contributed by atoms with Crippen molar-refractivity contribution in [1.82, 2.24) is 4.90 Å². The van der Waals surface area contributed by atoms with E-state index in [1.807, 2.05) is 12.1 Å². The number of piperazine rings is 1. The molecular formula is C27H36N4O3. The van der Waals surface area contributed by atoms with Crippen LogP contribution in [0.3, 0.4) is 0 Å². The lowest BCUT2D eigenvalue weighted by Gasteiger charge is -2.37. The second kappa shape index (κ2) is 10.2. The number of anilines is 3. The van der Waals surface area contributed by atoms with Crippen molar-refractivity contribution in [1.29, 1.82) is 0 Å². The Bertz CT molecular complexity index is 996. The van der Waals surface area contributed by atoms with Gasteiger partial charge in [-0.1, -0.05) is 0 Å². The summed E-state index contributed by atoms with van der Waals surface area (Å²) in [5, 5.41) is 3.17. The van der Waals surface area contributed by atoms with E-state index in [1.165, 1.54) is 22.5 Å². The van der Waals surface area contributed by atoms with Crippen LogP contribution >= 0.6 is 0 Å². The molecular weight excluding hydrogens is 428 g/mol. The van der Waals surface area contributed by atoms with E-state index in [9.17, 15) is 4.79 Å². The minimum absolute atomic E-state index is 0.0373. The Hall–Kier alpha value is -2.77. The number of likely N-dealkylation sites (N-methyl/N-ethyl adjacent to an activating group) is 1. The van der Waals surface area contributed by atoms with Crippen LogP contribution in [0.1, 0.15) is 17.5 Å². The van der Waals surface area contributed by atoms with Gasteiger partial charge in [0.2, 0.25) is 5.91 Å². The van der Waals surface area contributed by atoms with Gasteiger partial charge in [-0.15, -0.1) is 0 Å². The fourth-order valence-electron chi connectivity index (χ4n) is 5.41. The molecule has 7 heteroatoms. The minimum atomic E-state index is -0.0373. The van der Waals surface area contributed by atoms with Crippen molar-refractivity contribution in [3.63, 3.8) is 0 Å². The Labute approximate surface area is 202 Å². The number of benzene rings is 2. The number of hydrogen-bond donors (Lipinski definition) is 1. The zero-order valence-electron chi connectivity index (χ0n) is 20.4. The SMILES string of the molecule is COc1ccc(N2CCN(C)CC2)c2c1CC[C@@H](C(=O)Nc1ccc(N3CCOCC3)cc1)C2. The third-order valence-electron chi connectivity index (χ3n) is 7.50. The summed E-state index contributed by atoms with van der Waals surface area (Å²) >= 11 is 0. The molecule has 3 aliphatic rings. The second-order valence-electron chi connectivity index (χ2n) is 9.61. The fraction of sp³-hybridized carbons (Fsp3) is 0.519. The standard InChI is InChI=1S/C27H36N4O3/c1-29-11-13-31(14-12-29)25-9-10-26(33-2)23-8-3-20(19-24(23)25)27(32)28-21-4-6-22(7-5-21)30-15-17-34-18-16-30/h4-7,9-10,20H,3,8,11-19H2,1-2H3,(H,28,32)/t20-/m1/s1. The first-order valence-corrected chi connectivity index (χ1v) is 12.5. The first kappa shape index (κ1) is 23.0. The lowest BCUT2D eigenvalue weighted by Crippen LogP contribution is -2.45. The predicted octanol–water partition coefficient (Wildman–Crippen LogP) is 3.03. The van der Waals surface area contributed by atoms with E-state index in [4.69, 9.17) is 9.47 Å². The van der Waals surface area contributed by atoms with Crippen LogP contribution in [0.4, 0.5) is 17.1 Å². The van der Waals surface area contributed by atoms with Crippen LogP contribution in [0.15, 0.2) is 36.4 Å². The second-order valence-corrected chi connectivity index (χ2v) is 9.61. The summed E-state index contributed by atoms with van der Waals surface area (Å²) in [6.45, 7) is 7.50. The molecule has 2 saturated heterocycles. The van der Waals surface area contributed by atoms with Gasteiger partial charge in [0, 0.05) is 62.2 Å². The van der Waals surface area contributed by atoms with Gasteiger partial charge in [0.1, 0.15) is 5.75 Å². The van der Waals surface area contributed by atoms with Gasteiger partial charge in [0.25, 0.3) is 0 Å². The summed E-state index contributed by atoms with van der Waals surface area (Å²) in [5.74, 6) is 1.02. The summed E-state index contributed by atoms with van der Waals surface area (Å²) in [6, 6.07) is 12.5. The molecule has 2 aliphatic heterocycles. The number of hydrogen-bond acceptors (Lipinski definition) is 6. The minimum Gasteiger partial charge on any atom is -0.496 e. The molecule has 0 unspecified atom stereocenters. The third kappa shape index (κ3) is 4.86. The monoisotopic (exact) mass is 464 g/mol. The predicted molar refractivity (Wildman–Crippen MR) is 136 cm³/mol. The highest BCUT2D eigenvalue weighted by atomic mass is 16.5. The molecule has 1 aliphatic carbocycles. The average Bonchev–Trinajstić information content (AvgIpc) is 2.89. The van der Waals surface area contributed by atoms with Crippen molar-refractivity contribution in [2.75, 3.05) is 81.8 Å². The van der Waals surface area contributed by atoms with Crippen molar-refractivity contribution in [2.45, 2.75) is 19.3 Å². The van der Waals surface area contributed by atoms with Gasteiger partial charge in [-0.25, -0.2) is 0 Å². The van der Waals surface area contributed by atoms with Crippen LogP contribution in [0.2, 0.25) is 0 Å². The van der Waals surface area contributed by atoms with Crippen molar-refractivity contribution in [3.05, 3.63) is 47.5 Å². The van der Waals surface area contributed by atoms with Gasteiger partial charge in [0.05, 0.1) is 20.3 Å². The topological polar surface area (TPSA) is 57.3 Å². The van der Waals surface area contributed by atoms with Crippen LogP contribution in [-0.2, 0) is 22.4 Å². The molecule has 5 rings (SSSR count). The molecule has 1 atom stereocenters. The average molecular weight is 465 g/mol. The van der Waals surface area contributed by atoms with E-state index < -0.39 is 0 Å². The normalized spacial score (nSPS) is 21.2. The molecule has 0 saturated carbocycles. The number of carbonyl (C=O) groups is 1. The summed E-state index contributed by atoms with van der Waals surface area (Å²) in [6.07, 6.45) is 2.47. The van der Waals surface area contributed by atoms with Crippen molar-refractivity contribution in [2.24, 2.45) is 5.92 Å². The molecule has 34 heavy (non-hydrogen) atoms. The van der Waals surface area contributed by atoms with Crippen molar-refractivity contribution < 1.29 is 14.3 Å². The maximum absolute atomic E-state index is 13.3.